The van der Waals surface area contributed by atoms with Gasteiger partial charge in [0.2, 0.25) is 0 Å². The summed E-state index contributed by atoms with van der Waals surface area (Å²) in [6.07, 6.45) is 0. The number of para-hydroxylation sites is 1. The SMILES string of the molecule is COc1ccc(N)cc1C(=O)Nc1ccccc1Br. The van der Waals surface area contributed by atoms with Crippen molar-refractivity contribution < 1.29 is 9.53 Å². The Balaban J connectivity index is 2.30. The van der Waals surface area contributed by atoms with Crippen molar-refractivity contribution >= 4 is 33.2 Å². The highest BCUT2D eigenvalue weighted by Crippen LogP contribution is 2.25. The van der Waals surface area contributed by atoms with Gasteiger partial charge in [0, 0.05) is 10.2 Å². The van der Waals surface area contributed by atoms with Crippen molar-refractivity contribution in [2.24, 2.45) is 0 Å². The molecule has 2 rings (SSSR count). The minimum atomic E-state index is -0.268. The number of halogens is 1. The Bertz CT molecular complexity index is 614. The Morgan fingerprint density at radius 3 is 2.68 bits per heavy atom. The third-order valence-corrected chi connectivity index (χ3v) is 3.28. The van der Waals surface area contributed by atoms with E-state index in [1.54, 1.807) is 24.3 Å². The highest BCUT2D eigenvalue weighted by molar-refractivity contribution is 9.10. The lowest BCUT2D eigenvalue weighted by Gasteiger charge is -2.11. The van der Waals surface area contributed by atoms with Crippen LogP contribution in [-0.4, -0.2) is 13.0 Å². The normalized spacial score (nSPS) is 10.0. The third-order valence-electron chi connectivity index (χ3n) is 2.59. The lowest BCUT2D eigenvalue weighted by atomic mass is 10.1. The molecule has 0 aliphatic carbocycles. The number of nitrogen functional groups attached to an aromatic ring is 1. The van der Waals surface area contributed by atoms with Crippen LogP contribution >= 0.6 is 15.9 Å². The van der Waals surface area contributed by atoms with Gasteiger partial charge in [0.15, 0.2) is 0 Å². The van der Waals surface area contributed by atoms with E-state index in [1.807, 2.05) is 18.2 Å². The molecule has 0 aliphatic rings. The van der Waals surface area contributed by atoms with E-state index in [4.69, 9.17) is 10.5 Å². The number of methoxy groups -OCH3 is 1. The van der Waals surface area contributed by atoms with E-state index in [2.05, 4.69) is 21.2 Å². The second kappa shape index (κ2) is 5.75. The van der Waals surface area contributed by atoms with Gasteiger partial charge in [-0.3, -0.25) is 4.79 Å². The van der Waals surface area contributed by atoms with Gasteiger partial charge in [-0.2, -0.15) is 0 Å². The summed E-state index contributed by atoms with van der Waals surface area (Å²) in [5.41, 5.74) is 7.30. The smallest absolute Gasteiger partial charge is 0.259 e. The highest BCUT2D eigenvalue weighted by atomic mass is 79.9. The standard InChI is InChI=1S/C14H13BrN2O2/c1-19-13-7-6-9(16)8-10(13)14(18)17-12-5-3-2-4-11(12)15/h2-8H,16H2,1H3,(H,17,18). The van der Waals surface area contributed by atoms with Gasteiger partial charge in [-0.25, -0.2) is 0 Å². The number of hydrogen-bond acceptors (Lipinski definition) is 3. The minimum absolute atomic E-state index is 0.268. The fourth-order valence-corrected chi connectivity index (χ4v) is 2.04. The van der Waals surface area contributed by atoms with Crippen molar-refractivity contribution in [3.63, 3.8) is 0 Å². The van der Waals surface area contributed by atoms with E-state index in [0.29, 0.717) is 22.7 Å². The van der Waals surface area contributed by atoms with Crippen molar-refractivity contribution in [3.05, 3.63) is 52.5 Å². The first-order chi connectivity index (χ1) is 9.11. The number of ether oxygens (including phenoxy) is 1. The lowest BCUT2D eigenvalue weighted by molar-refractivity contribution is 0.102. The van der Waals surface area contributed by atoms with E-state index < -0.39 is 0 Å². The van der Waals surface area contributed by atoms with E-state index in [9.17, 15) is 4.79 Å². The number of hydrogen-bond donors (Lipinski definition) is 2. The zero-order chi connectivity index (χ0) is 13.8. The summed E-state index contributed by atoms with van der Waals surface area (Å²) in [6.45, 7) is 0. The first-order valence-corrected chi connectivity index (χ1v) is 6.40. The number of rotatable bonds is 3. The number of anilines is 2. The zero-order valence-electron chi connectivity index (χ0n) is 10.3. The molecule has 98 valence electrons. The third kappa shape index (κ3) is 3.06. The Morgan fingerprint density at radius 2 is 2.00 bits per heavy atom. The van der Waals surface area contributed by atoms with Crippen molar-refractivity contribution in [1.82, 2.24) is 0 Å². The molecule has 5 heteroatoms. The number of amides is 1. The maximum atomic E-state index is 12.2. The average molecular weight is 321 g/mol. The second-order valence-corrected chi connectivity index (χ2v) is 4.75. The van der Waals surface area contributed by atoms with Gasteiger partial charge in [0.1, 0.15) is 5.75 Å². The summed E-state index contributed by atoms with van der Waals surface area (Å²) in [7, 11) is 1.51. The predicted molar refractivity (Wildman–Crippen MR) is 79.5 cm³/mol. The molecule has 0 atom stereocenters. The Morgan fingerprint density at radius 1 is 1.26 bits per heavy atom. The molecule has 1 amide bonds. The maximum absolute atomic E-state index is 12.2. The molecule has 2 aromatic carbocycles. The molecule has 0 spiro atoms. The molecule has 19 heavy (non-hydrogen) atoms. The molecule has 0 saturated carbocycles. The lowest BCUT2D eigenvalue weighted by Crippen LogP contribution is -2.13. The first-order valence-electron chi connectivity index (χ1n) is 5.61. The van der Waals surface area contributed by atoms with E-state index >= 15 is 0 Å². The molecule has 0 fully saturated rings. The molecular formula is C14H13BrN2O2. The summed E-state index contributed by atoms with van der Waals surface area (Å²) in [4.78, 5) is 12.2. The maximum Gasteiger partial charge on any atom is 0.259 e. The Hall–Kier alpha value is -2.01. The van der Waals surface area contributed by atoms with E-state index in [-0.39, 0.29) is 5.91 Å². The molecule has 0 saturated heterocycles. The molecular weight excluding hydrogens is 308 g/mol. The fourth-order valence-electron chi connectivity index (χ4n) is 1.66. The Kier molecular flexibility index (Phi) is 4.06. The van der Waals surface area contributed by atoms with Gasteiger partial charge in [-0.05, 0) is 46.3 Å². The fraction of sp³-hybridized carbons (Fsp3) is 0.0714. The van der Waals surface area contributed by atoms with Crippen LogP contribution < -0.4 is 15.8 Å². The number of carbonyl (C=O) groups excluding carboxylic acids is 1. The van der Waals surface area contributed by atoms with Crippen molar-refractivity contribution in [3.8, 4) is 5.75 Å². The number of benzene rings is 2. The zero-order valence-corrected chi connectivity index (χ0v) is 11.9. The average Bonchev–Trinajstić information content (AvgIpc) is 2.41. The molecule has 3 N–H and O–H groups in total. The number of carbonyl (C=O) groups is 1. The van der Waals surface area contributed by atoms with Gasteiger partial charge in [0.25, 0.3) is 5.91 Å². The largest absolute Gasteiger partial charge is 0.496 e. The van der Waals surface area contributed by atoms with Gasteiger partial charge in [-0.1, -0.05) is 12.1 Å². The van der Waals surface area contributed by atoms with E-state index in [1.165, 1.54) is 7.11 Å². The van der Waals surface area contributed by atoms with Crippen LogP contribution in [0.15, 0.2) is 46.9 Å². The van der Waals surface area contributed by atoms with Gasteiger partial charge >= 0.3 is 0 Å². The molecule has 2 aromatic rings. The van der Waals surface area contributed by atoms with Crippen LogP contribution in [0.3, 0.4) is 0 Å². The minimum Gasteiger partial charge on any atom is -0.496 e. The van der Waals surface area contributed by atoms with Crippen LogP contribution in [0.1, 0.15) is 10.4 Å². The van der Waals surface area contributed by atoms with Gasteiger partial charge in [0.05, 0.1) is 18.4 Å². The quantitative estimate of drug-likeness (QED) is 0.853. The molecule has 0 heterocycles. The van der Waals surface area contributed by atoms with Crippen LogP contribution in [-0.2, 0) is 0 Å². The topological polar surface area (TPSA) is 64.3 Å². The van der Waals surface area contributed by atoms with Crippen LogP contribution in [0.4, 0.5) is 11.4 Å². The first kappa shape index (κ1) is 13.4. The number of nitrogens with one attached hydrogen (secondary N) is 1. The van der Waals surface area contributed by atoms with Crippen molar-refractivity contribution in [2.75, 3.05) is 18.2 Å². The van der Waals surface area contributed by atoms with Crippen LogP contribution in [0.5, 0.6) is 5.75 Å². The highest BCUT2D eigenvalue weighted by Gasteiger charge is 2.13. The molecule has 0 bridgehead atoms. The summed E-state index contributed by atoms with van der Waals surface area (Å²) >= 11 is 3.38. The van der Waals surface area contributed by atoms with Crippen LogP contribution in [0.2, 0.25) is 0 Å². The molecule has 0 aliphatic heterocycles. The summed E-state index contributed by atoms with van der Waals surface area (Å²) in [5.74, 6) is 0.217. The number of nitrogens with two attached hydrogens (primary N) is 1. The Labute approximate surface area is 119 Å². The van der Waals surface area contributed by atoms with Gasteiger partial charge < -0.3 is 15.8 Å². The molecule has 0 aromatic heterocycles. The summed E-state index contributed by atoms with van der Waals surface area (Å²) < 4.78 is 5.97. The molecule has 0 unspecified atom stereocenters. The summed E-state index contributed by atoms with van der Waals surface area (Å²) in [5, 5.41) is 2.81. The monoisotopic (exact) mass is 320 g/mol. The van der Waals surface area contributed by atoms with E-state index in [0.717, 1.165) is 4.47 Å². The molecule has 4 nitrogen and oxygen atoms in total. The second-order valence-electron chi connectivity index (χ2n) is 3.89. The molecule has 0 radical (unpaired) electrons. The van der Waals surface area contributed by atoms with Crippen LogP contribution in [0, 0.1) is 0 Å². The predicted octanol–water partition coefficient (Wildman–Crippen LogP) is 3.29. The summed E-state index contributed by atoms with van der Waals surface area (Å²) in [6, 6.07) is 12.3. The van der Waals surface area contributed by atoms with Gasteiger partial charge in [-0.15, -0.1) is 0 Å². The van der Waals surface area contributed by atoms with Crippen LogP contribution in [0.25, 0.3) is 0 Å². The van der Waals surface area contributed by atoms with Crippen molar-refractivity contribution in [1.29, 1.82) is 0 Å². The van der Waals surface area contributed by atoms with Crippen molar-refractivity contribution in [2.45, 2.75) is 0 Å².